The standard InChI is InChI=1S/C14H20O4/c1-9(2)14(17,13(15)16)10(3)11-5-7-12(18-4)8-6-11/h5-10,17H,1-4H3,(H,15,16). The highest BCUT2D eigenvalue weighted by molar-refractivity contribution is 5.79. The molecule has 0 amide bonds. The first-order valence-electron chi connectivity index (χ1n) is 5.93. The fourth-order valence-corrected chi connectivity index (χ4v) is 2.08. The fourth-order valence-electron chi connectivity index (χ4n) is 2.08. The second-order valence-electron chi connectivity index (χ2n) is 4.78. The molecule has 0 aliphatic heterocycles. The van der Waals surface area contributed by atoms with Gasteiger partial charge in [0.25, 0.3) is 0 Å². The second kappa shape index (κ2) is 5.40. The highest BCUT2D eigenvalue weighted by Crippen LogP contribution is 2.35. The molecule has 0 bridgehead atoms. The van der Waals surface area contributed by atoms with Gasteiger partial charge in [0.2, 0.25) is 0 Å². The molecule has 0 heterocycles. The third kappa shape index (κ3) is 2.48. The third-order valence-corrected chi connectivity index (χ3v) is 3.50. The van der Waals surface area contributed by atoms with Crippen molar-refractivity contribution in [3.05, 3.63) is 29.8 Å². The summed E-state index contributed by atoms with van der Waals surface area (Å²) in [6, 6.07) is 7.07. The fraction of sp³-hybridized carbons (Fsp3) is 0.500. The number of carbonyl (C=O) groups is 1. The summed E-state index contributed by atoms with van der Waals surface area (Å²) < 4.78 is 5.05. The van der Waals surface area contributed by atoms with Crippen LogP contribution in [-0.4, -0.2) is 28.9 Å². The number of aliphatic hydroxyl groups is 1. The normalized spacial score (nSPS) is 16.1. The number of hydrogen-bond acceptors (Lipinski definition) is 3. The van der Waals surface area contributed by atoms with Crippen molar-refractivity contribution >= 4 is 5.97 Å². The Morgan fingerprint density at radius 1 is 1.22 bits per heavy atom. The van der Waals surface area contributed by atoms with Crippen LogP contribution < -0.4 is 4.74 Å². The van der Waals surface area contributed by atoms with E-state index >= 15 is 0 Å². The summed E-state index contributed by atoms with van der Waals surface area (Å²) in [6.07, 6.45) is 0. The first-order chi connectivity index (χ1) is 8.33. The number of carboxylic acid groups (broad SMARTS) is 1. The summed E-state index contributed by atoms with van der Waals surface area (Å²) in [7, 11) is 1.57. The van der Waals surface area contributed by atoms with Gasteiger partial charge in [-0.05, 0) is 23.6 Å². The third-order valence-electron chi connectivity index (χ3n) is 3.50. The monoisotopic (exact) mass is 252 g/mol. The molecule has 0 radical (unpaired) electrons. The number of methoxy groups -OCH3 is 1. The average molecular weight is 252 g/mol. The van der Waals surface area contributed by atoms with Gasteiger partial charge in [-0.2, -0.15) is 0 Å². The second-order valence-corrected chi connectivity index (χ2v) is 4.78. The SMILES string of the molecule is COc1ccc(C(C)C(O)(C(=O)O)C(C)C)cc1. The van der Waals surface area contributed by atoms with Gasteiger partial charge in [0.15, 0.2) is 5.60 Å². The molecule has 1 aromatic carbocycles. The molecule has 2 unspecified atom stereocenters. The van der Waals surface area contributed by atoms with E-state index < -0.39 is 17.5 Å². The van der Waals surface area contributed by atoms with Gasteiger partial charge < -0.3 is 14.9 Å². The highest BCUT2D eigenvalue weighted by atomic mass is 16.5. The van der Waals surface area contributed by atoms with E-state index in [2.05, 4.69) is 0 Å². The average Bonchev–Trinajstić information content (AvgIpc) is 2.36. The Morgan fingerprint density at radius 2 is 1.72 bits per heavy atom. The molecule has 0 aliphatic carbocycles. The summed E-state index contributed by atoms with van der Waals surface area (Å²) in [4.78, 5) is 11.3. The first kappa shape index (κ1) is 14.5. The molecule has 2 N–H and O–H groups in total. The Labute approximate surface area is 107 Å². The number of carboxylic acids is 1. The maximum absolute atomic E-state index is 11.3. The Bertz CT molecular complexity index is 410. The van der Waals surface area contributed by atoms with Gasteiger partial charge in [-0.15, -0.1) is 0 Å². The molecule has 4 heteroatoms. The van der Waals surface area contributed by atoms with E-state index in [1.807, 2.05) is 0 Å². The van der Waals surface area contributed by atoms with Crippen molar-refractivity contribution in [1.29, 1.82) is 0 Å². The van der Waals surface area contributed by atoms with Gasteiger partial charge in [0, 0.05) is 5.92 Å². The molecule has 0 aliphatic rings. The molecule has 0 fully saturated rings. The van der Waals surface area contributed by atoms with Crippen LogP contribution in [0.1, 0.15) is 32.3 Å². The number of aliphatic carboxylic acids is 1. The van der Waals surface area contributed by atoms with Gasteiger partial charge in [-0.25, -0.2) is 4.79 Å². The van der Waals surface area contributed by atoms with E-state index in [1.165, 1.54) is 0 Å². The molecule has 0 saturated heterocycles. The van der Waals surface area contributed by atoms with E-state index in [0.29, 0.717) is 5.75 Å². The minimum absolute atomic E-state index is 0.382. The molecular weight excluding hydrogens is 232 g/mol. The van der Waals surface area contributed by atoms with Crippen LogP contribution in [0.25, 0.3) is 0 Å². The van der Waals surface area contributed by atoms with Crippen molar-refractivity contribution in [3.63, 3.8) is 0 Å². The van der Waals surface area contributed by atoms with Gasteiger partial charge >= 0.3 is 5.97 Å². The Kier molecular flexibility index (Phi) is 4.35. The van der Waals surface area contributed by atoms with Crippen LogP contribution >= 0.6 is 0 Å². The summed E-state index contributed by atoms with van der Waals surface area (Å²) >= 11 is 0. The lowest BCUT2D eigenvalue weighted by Gasteiger charge is -2.33. The lowest BCUT2D eigenvalue weighted by Crippen LogP contribution is -2.48. The van der Waals surface area contributed by atoms with Crippen molar-refractivity contribution in [3.8, 4) is 5.75 Å². The van der Waals surface area contributed by atoms with Crippen molar-refractivity contribution in [2.45, 2.75) is 32.3 Å². The van der Waals surface area contributed by atoms with Crippen LogP contribution in [0.3, 0.4) is 0 Å². The van der Waals surface area contributed by atoms with E-state index in [4.69, 9.17) is 4.74 Å². The Morgan fingerprint density at radius 3 is 2.06 bits per heavy atom. The van der Waals surface area contributed by atoms with Crippen molar-refractivity contribution in [2.24, 2.45) is 5.92 Å². The molecule has 1 aromatic rings. The van der Waals surface area contributed by atoms with E-state index in [-0.39, 0.29) is 5.92 Å². The van der Waals surface area contributed by atoms with Gasteiger partial charge in [0.05, 0.1) is 7.11 Å². The van der Waals surface area contributed by atoms with Crippen LogP contribution in [0.5, 0.6) is 5.75 Å². The molecule has 18 heavy (non-hydrogen) atoms. The number of ether oxygens (including phenoxy) is 1. The molecule has 0 spiro atoms. The van der Waals surface area contributed by atoms with Crippen molar-refractivity contribution in [1.82, 2.24) is 0 Å². The lowest BCUT2D eigenvalue weighted by atomic mass is 9.76. The van der Waals surface area contributed by atoms with Crippen LogP contribution in [0.2, 0.25) is 0 Å². The summed E-state index contributed by atoms with van der Waals surface area (Å²) in [6.45, 7) is 5.12. The van der Waals surface area contributed by atoms with Crippen LogP contribution in [-0.2, 0) is 4.79 Å². The molecule has 4 nitrogen and oxygen atoms in total. The Hall–Kier alpha value is -1.55. The van der Waals surface area contributed by atoms with Gasteiger partial charge in [-0.3, -0.25) is 0 Å². The molecule has 0 aromatic heterocycles. The molecule has 2 atom stereocenters. The zero-order chi connectivity index (χ0) is 13.9. The number of rotatable bonds is 5. The van der Waals surface area contributed by atoms with Gasteiger partial charge in [-0.1, -0.05) is 32.9 Å². The zero-order valence-corrected chi connectivity index (χ0v) is 11.2. The van der Waals surface area contributed by atoms with Crippen molar-refractivity contribution in [2.75, 3.05) is 7.11 Å². The van der Waals surface area contributed by atoms with Crippen LogP contribution in [0.4, 0.5) is 0 Å². The smallest absolute Gasteiger partial charge is 0.336 e. The number of hydrogen-bond donors (Lipinski definition) is 2. The molecule has 0 saturated carbocycles. The van der Waals surface area contributed by atoms with Crippen LogP contribution in [0, 0.1) is 5.92 Å². The largest absolute Gasteiger partial charge is 0.497 e. The quantitative estimate of drug-likeness (QED) is 0.843. The van der Waals surface area contributed by atoms with Gasteiger partial charge in [0.1, 0.15) is 5.75 Å². The minimum Gasteiger partial charge on any atom is -0.497 e. The van der Waals surface area contributed by atoms with E-state index in [0.717, 1.165) is 5.56 Å². The molecular formula is C14H20O4. The molecule has 1 rings (SSSR count). The predicted octanol–water partition coefficient (Wildman–Crippen LogP) is 2.27. The topological polar surface area (TPSA) is 66.8 Å². The maximum Gasteiger partial charge on any atom is 0.336 e. The maximum atomic E-state index is 11.3. The summed E-state index contributed by atoms with van der Waals surface area (Å²) in [5, 5.41) is 19.6. The van der Waals surface area contributed by atoms with E-state index in [1.54, 1.807) is 52.1 Å². The summed E-state index contributed by atoms with van der Waals surface area (Å²) in [5.41, 5.74) is -0.997. The lowest BCUT2D eigenvalue weighted by molar-refractivity contribution is -0.166. The van der Waals surface area contributed by atoms with E-state index in [9.17, 15) is 15.0 Å². The highest BCUT2D eigenvalue weighted by Gasteiger charge is 2.45. The van der Waals surface area contributed by atoms with Crippen molar-refractivity contribution < 1.29 is 19.7 Å². The Balaban J connectivity index is 3.10. The zero-order valence-electron chi connectivity index (χ0n) is 11.2. The van der Waals surface area contributed by atoms with Crippen LogP contribution in [0.15, 0.2) is 24.3 Å². The minimum atomic E-state index is -1.77. The number of benzene rings is 1. The first-order valence-corrected chi connectivity index (χ1v) is 5.93. The summed E-state index contributed by atoms with van der Waals surface area (Å²) in [5.74, 6) is -1.37. The molecule has 100 valence electrons. The predicted molar refractivity (Wildman–Crippen MR) is 68.8 cm³/mol.